The minimum Gasteiger partial charge on any atom is -0.460 e. The minimum absolute atomic E-state index is 0.0340. The molecule has 140 valence electrons. The highest BCUT2D eigenvalue weighted by Crippen LogP contribution is 2.26. The summed E-state index contributed by atoms with van der Waals surface area (Å²) in [5, 5.41) is 3.43. The summed E-state index contributed by atoms with van der Waals surface area (Å²) in [5.41, 5.74) is 1.54. The molecular weight excluding hydrogens is 344 g/mol. The quantitative estimate of drug-likeness (QED) is 0.670. The first kappa shape index (κ1) is 18.6. The Morgan fingerprint density at radius 2 is 2.00 bits per heavy atom. The van der Waals surface area contributed by atoms with Gasteiger partial charge in [0.05, 0.1) is 11.1 Å². The van der Waals surface area contributed by atoms with Crippen LogP contribution in [0.2, 0.25) is 0 Å². The third kappa shape index (κ3) is 4.34. The normalized spacial score (nSPS) is 12.0. The number of amides is 1. The zero-order chi connectivity index (χ0) is 19.4. The summed E-state index contributed by atoms with van der Waals surface area (Å²) < 4.78 is 10.9. The number of esters is 1. The second-order valence-electron chi connectivity index (χ2n) is 6.44. The Morgan fingerprint density at radius 1 is 1.22 bits per heavy atom. The van der Waals surface area contributed by atoms with Gasteiger partial charge in [-0.3, -0.25) is 4.79 Å². The smallest absolute Gasteiger partial charge is 0.339 e. The van der Waals surface area contributed by atoms with Crippen molar-refractivity contribution in [2.24, 2.45) is 0 Å². The summed E-state index contributed by atoms with van der Waals surface area (Å²) in [6, 6.07) is 12.6. The highest BCUT2D eigenvalue weighted by atomic mass is 16.5. The van der Waals surface area contributed by atoms with Gasteiger partial charge in [0.2, 0.25) is 0 Å². The van der Waals surface area contributed by atoms with E-state index in [1.807, 2.05) is 45.0 Å². The van der Waals surface area contributed by atoms with Crippen LogP contribution in [-0.4, -0.2) is 29.5 Å². The van der Waals surface area contributed by atoms with Gasteiger partial charge in [0.1, 0.15) is 11.5 Å². The number of rotatable bonds is 6. The van der Waals surface area contributed by atoms with E-state index < -0.39 is 5.97 Å². The largest absolute Gasteiger partial charge is 0.460 e. The number of nitrogens with one attached hydrogen (secondary N) is 1. The number of carbonyl (C=O) groups is 2. The van der Waals surface area contributed by atoms with E-state index in [0.29, 0.717) is 27.9 Å². The van der Waals surface area contributed by atoms with Crippen LogP contribution in [-0.2, 0) is 9.53 Å². The predicted molar refractivity (Wildman–Crippen MR) is 102 cm³/mol. The zero-order valence-corrected chi connectivity index (χ0v) is 15.6. The summed E-state index contributed by atoms with van der Waals surface area (Å²) in [4.78, 5) is 29.1. The van der Waals surface area contributed by atoms with Crippen LogP contribution in [0, 0.1) is 6.92 Å². The lowest BCUT2D eigenvalue weighted by Crippen LogP contribution is -2.35. The number of pyridine rings is 1. The lowest BCUT2D eigenvalue weighted by atomic mass is 10.1. The topological polar surface area (TPSA) is 81.4 Å². The SMILES string of the molecule is CCC(C)NC(=O)COC(=O)c1cc(-c2ccc(C)o2)nc2ccccc12. The maximum Gasteiger partial charge on any atom is 0.339 e. The molecule has 0 aliphatic carbocycles. The van der Waals surface area contributed by atoms with E-state index in [0.717, 1.165) is 12.2 Å². The molecule has 0 aliphatic rings. The van der Waals surface area contributed by atoms with Crippen molar-refractivity contribution in [1.29, 1.82) is 0 Å². The van der Waals surface area contributed by atoms with Crippen LogP contribution in [0.3, 0.4) is 0 Å². The molecule has 27 heavy (non-hydrogen) atoms. The van der Waals surface area contributed by atoms with E-state index in [2.05, 4.69) is 10.3 Å². The Balaban J connectivity index is 1.88. The van der Waals surface area contributed by atoms with Crippen LogP contribution in [0.1, 0.15) is 36.4 Å². The van der Waals surface area contributed by atoms with Gasteiger partial charge in [0, 0.05) is 11.4 Å². The Morgan fingerprint density at radius 3 is 2.70 bits per heavy atom. The van der Waals surface area contributed by atoms with Gasteiger partial charge in [-0.15, -0.1) is 0 Å². The van der Waals surface area contributed by atoms with Crippen molar-refractivity contribution in [2.45, 2.75) is 33.2 Å². The lowest BCUT2D eigenvalue weighted by molar-refractivity contribution is -0.124. The fourth-order valence-corrected chi connectivity index (χ4v) is 2.67. The monoisotopic (exact) mass is 366 g/mol. The molecule has 2 aromatic heterocycles. The van der Waals surface area contributed by atoms with Gasteiger partial charge >= 0.3 is 5.97 Å². The Bertz CT molecular complexity index is 977. The van der Waals surface area contributed by atoms with Gasteiger partial charge < -0.3 is 14.5 Å². The molecule has 0 saturated carbocycles. The standard InChI is InChI=1S/C21H22N2O4/c1-4-13(2)22-20(24)12-26-21(25)16-11-18(19-10-9-14(3)27-19)23-17-8-6-5-7-15(16)17/h5-11,13H,4,12H2,1-3H3,(H,22,24). The van der Waals surface area contributed by atoms with E-state index in [9.17, 15) is 9.59 Å². The molecule has 0 spiro atoms. The number of carbonyl (C=O) groups excluding carboxylic acids is 2. The molecule has 0 aliphatic heterocycles. The number of furan rings is 1. The minimum atomic E-state index is -0.572. The molecule has 3 aromatic rings. The molecule has 2 heterocycles. The summed E-state index contributed by atoms with van der Waals surface area (Å²) >= 11 is 0. The highest BCUT2D eigenvalue weighted by Gasteiger charge is 2.18. The molecule has 6 nitrogen and oxygen atoms in total. The van der Waals surface area contributed by atoms with Gasteiger partial charge in [-0.25, -0.2) is 9.78 Å². The number of ether oxygens (including phenoxy) is 1. The molecule has 0 fully saturated rings. The number of aromatic nitrogens is 1. The summed E-state index contributed by atoms with van der Waals surface area (Å²) in [6.07, 6.45) is 0.806. The second kappa shape index (κ2) is 8.03. The van der Waals surface area contributed by atoms with E-state index >= 15 is 0 Å². The van der Waals surface area contributed by atoms with Crippen molar-refractivity contribution in [3.63, 3.8) is 0 Å². The zero-order valence-electron chi connectivity index (χ0n) is 15.6. The van der Waals surface area contributed by atoms with Crippen LogP contribution in [0.5, 0.6) is 0 Å². The molecule has 3 rings (SSSR count). The van der Waals surface area contributed by atoms with Gasteiger partial charge in [0.25, 0.3) is 5.91 Å². The van der Waals surface area contributed by atoms with E-state index in [-0.39, 0.29) is 18.6 Å². The number of fused-ring (bicyclic) bond motifs is 1. The number of nitrogens with zero attached hydrogens (tertiary/aromatic N) is 1. The molecule has 6 heteroatoms. The predicted octanol–water partition coefficient (Wildman–Crippen LogP) is 3.87. The first-order valence-electron chi connectivity index (χ1n) is 8.91. The first-order chi connectivity index (χ1) is 13.0. The number of benzene rings is 1. The van der Waals surface area contributed by atoms with Crippen molar-refractivity contribution >= 4 is 22.8 Å². The van der Waals surface area contributed by atoms with Crippen LogP contribution >= 0.6 is 0 Å². The van der Waals surface area contributed by atoms with Gasteiger partial charge in [-0.1, -0.05) is 25.1 Å². The van der Waals surface area contributed by atoms with E-state index in [1.165, 1.54) is 0 Å². The summed E-state index contributed by atoms with van der Waals surface area (Å²) in [7, 11) is 0. The molecule has 1 unspecified atom stereocenters. The molecule has 1 atom stereocenters. The third-order valence-corrected chi connectivity index (χ3v) is 4.28. The highest BCUT2D eigenvalue weighted by molar-refractivity contribution is 6.05. The summed E-state index contributed by atoms with van der Waals surface area (Å²) in [5.74, 6) is 0.433. The third-order valence-electron chi connectivity index (χ3n) is 4.28. The van der Waals surface area contributed by atoms with E-state index in [4.69, 9.17) is 9.15 Å². The van der Waals surface area contributed by atoms with Gasteiger partial charge in [-0.05, 0) is 44.5 Å². The van der Waals surface area contributed by atoms with Crippen LogP contribution in [0.15, 0.2) is 46.9 Å². The van der Waals surface area contributed by atoms with Crippen molar-refractivity contribution in [3.8, 4) is 11.5 Å². The van der Waals surface area contributed by atoms with Crippen LogP contribution < -0.4 is 5.32 Å². The molecule has 0 radical (unpaired) electrons. The Hall–Kier alpha value is -3.15. The lowest BCUT2D eigenvalue weighted by Gasteiger charge is -2.12. The average molecular weight is 366 g/mol. The van der Waals surface area contributed by atoms with Crippen molar-refractivity contribution in [2.75, 3.05) is 6.61 Å². The van der Waals surface area contributed by atoms with E-state index in [1.54, 1.807) is 18.2 Å². The summed E-state index contributed by atoms with van der Waals surface area (Å²) in [6.45, 7) is 5.39. The average Bonchev–Trinajstić information content (AvgIpc) is 3.11. The Kier molecular flexibility index (Phi) is 5.54. The van der Waals surface area contributed by atoms with Gasteiger partial charge in [-0.2, -0.15) is 0 Å². The second-order valence-corrected chi connectivity index (χ2v) is 6.44. The maximum absolute atomic E-state index is 12.6. The molecule has 0 saturated heterocycles. The number of para-hydroxylation sites is 1. The van der Waals surface area contributed by atoms with Crippen molar-refractivity contribution in [3.05, 3.63) is 53.8 Å². The fraction of sp³-hybridized carbons (Fsp3) is 0.286. The van der Waals surface area contributed by atoms with Crippen molar-refractivity contribution < 1.29 is 18.7 Å². The fourth-order valence-electron chi connectivity index (χ4n) is 2.67. The first-order valence-corrected chi connectivity index (χ1v) is 8.91. The van der Waals surface area contributed by atoms with Crippen LogP contribution in [0.25, 0.3) is 22.4 Å². The molecule has 1 N–H and O–H groups in total. The number of hydrogen-bond donors (Lipinski definition) is 1. The number of aryl methyl sites for hydroxylation is 1. The molecule has 1 amide bonds. The number of hydrogen-bond acceptors (Lipinski definition) is 5. The molecule has 1 aromatic carbocycles. The van der Waals surface area contributed by atoms with Crippen LogP contribution in [0.4, 0.5) is 0 Å². The Labute approximate surface area is 157 Å². The maximum atomic E-state index is 12.6. The van der Waals surface area contributed by atoms with Crippen molar-refractivity contribution in [1.82, 2.24) is 10.3 Å². The molecular formula is C21H22N2O4. The molecule has 0 bridgehead atoms. The van der Waals surface area contributed by atoms with Gasteiger partial charge in [0.15, 0.2) is 12.4 Å².